The maximum Gasteiger partial charge on any atom is 0.120 e. The predicted octanol–water partition coefficient (Wildman–Crippen LogP) is 4.10. The Kier molecular flexibility index (Phi) is 5.17. The summed E-state index contributed by atoms with van der Waals surface area (Å²) >= 11 is 1.77. The van der Waals surface area contributed by atoms with Crippen LogP contribution in [0.4, 0.5) is 0 Å². The predicted molar refractivity (Wildman–Crippen MR) is 83.2 cm³/mol. The van der Waals surface area contributed by atoms with Gasteiger partial charge in [-0.1, -0.05) is 13.8 Å². The molecule has 1 fully saturated rings. The van der Waals surface area contributed by atoms with E-state index in [1.54, 1.807) is 11.8 Å². The summed E-state index contributed by atoms with van der Waals surface area (Å²) in [5.41, 5.74) is 0.0861. The van der Waals surface area contributed by atoms with Gasteiger partial charge in [-0.2, -0.15) is 0 Å². The Balaban J connectivity index is 1.90. The topological polar surface area (TPSA) is 21.3 Å². The van der Waals surface area contributed by atoms with Crippen LogP contribution in [0.15, 0.2) is 29.2 Å². The van der Waals surface area contributed by atoms with Gasteiger partial charge < -0.3 is 10.1 Å². The molecule has 0 atom stereocenters. The molecule has 0 spiro atoms. The minimum absolute atomic E-state index is 0.0861. The molecular formula is C16H25NOS. The first-order valence-corrected chi connectivity index (χ1v) is 8.42. The molecule has 0 amide bonds. The Labute approximate surface area is 121 Å². The number of thioether (sulfide) groups is 1. The second-order valence-electron chi connectivity index (χ2n) is 5.67. The van der Waals surface area contributed by atoms with Crippen molar-refractivity contribution in [3.63, 3.8) is 0 Å². The Morgan fingerprint density at radius 3 is 2.42 bits per heavy atom. The molecule has 2 rings (SSSR count). The van der Waals surface area contributed by atoms with E-state index in [9.17, 15) is 0 Å². The second kappa shape index (κ2) is 6.67. The van der Waals surface area contributed by atoms with Crippen LogP contribution in [-0.4, -0.2) is 24.4 Å². The zero-order valence-corrected chi connectivity index (χ0v) is 13.1. The molecule has 2 nitrogen and oxygen atoms in total. The molecule has 1 N–H and O–H groups in total. The highest BCUT2D eigenvalue weighted by Crippen LogP contribution is 2.39. The van der Waals surface area contributed by atoms with Gasteiger partial charge in [-0.3, -0.25) is 0 Å². The quantitative estimate of drug-likeness (QED) is 0.759. The fraction of sp³-hybridized carbons (Fsp3) is 0.625. The van der Waals surface area contributed by atoms with E-state index >= 15 is 0 Å². The van der Waals surface area contributed by atoms with Crippen molar-refractivity contribution in [3.05, 3.63) is 24.3 Å². The normalized spacial score (nSPS) is 17.3. The molecule has 1 aliphatic carbocycles. The van der Waals surface area contributed by atoms with Crippen molar-refractivity contribution in [2.45, 2.75) is 56.1 Å². The van der Waals surface area contributed by atoms with E-state index in [2.05, 4.69) is 49.7 Å². The lowest BCUT2D eigenvalue weighted by Gasteiger charge is -2.42. The smallest absolute Gasteiger partial charge is 0.120 e. The van der Waals surface area contributed by atoms with Crippen LogP contribution in [0.1, 0.15) is 39.5 Å². The van der Waals surface area contributed by atoms with Crippen LogP contribution in [0.25, 0.3) is 0 Å². The van der Waals surface area contributed by atoms with Gasteiger partial charge in [0.1, 0.15) is 11.4 Å². The van der Waals surface area contributed by atoms with Crippen molar-refractivity contribution in [2.24, 2.45) is 0 Å². The van der Waals surface area contributed by atoms with Crippen LogP contribution in [-0.2, 0) is 0 Å². The van der Waals surface area contributed by atoms with Crippen LogP contribution in [0.2, 0.25) is 0 Å². The third-order valence-electron chi connectivity index (χ3n) is 3.79. The molecule has 0 radical (unpaired) electrons. The Morgan fingerprint density at radius 2 is 1.95 bits per heavy atom. The van der Waals surface area contributed by atoms with Crippen LogP contribution < -0.4 is 10.1 Å². The van der Waals surface area contributed by atoms with E-state index in [0.717, 1.165) is 18.7 Å². The van der Waals surface area contributed by atoms with Crippen molar-refractivity contribution in [1.82, 2.24) is 5.32 Å². The van der Waals surface area contributed by atoms with Crippen LogP contribution in [0.3, 0.4) is 0 Å². The number of hydrogen-bond acceptors (Lipinski definition) is 3. The number of nitrogens with one attached hydrogen (secondary N) is 1. The Hall–Kier alpha value is -0.670. The summed E-state index contributed by atoms with van der Waals surface area (Å²) < 4.78 is 6.27. The van der Waals surface area contributed by atoms with E-state index in [1.807, 2.05) is 0 Å². The minimum Gasteiger partial charge on any atom is -0.487 e. The van der Waals surface area contributed by atoms with Crippen LogP contribution in [0.5, 0.6) is 5.75 Å². The fourth-order valence-electron chi connectivity index (χ4n) is 2.46. The van der Waals surface area contributed by atoms with Gasteiger partial charge in [-0.15, -0.1) is 11.8 Å². The fourth-order valence-corrected chi connectivity index (χ4v) is 2.86. The van der Waals surface area contributed by atoms with E-state index in [4.69, 9.17) is 4.74 Å². The third-order valence-corrected chi connectivity index (χ3v) is 4.54. The molecular weight excluding hydrogens is 254 g/mol. The van der Waals surface area contributed by atoms with Gasteiger partial charge in [-0.05, 0) is 62.7 Å². The lowest BCUT2D eigenvalue weighted by Crippen LogP contribution is -2.45. The largest absolute Gasteiger partial charge is 0.487 e. The van der Waals surface area contributed by atoms with Gasteiger partial charge in [0.05, 0.1) is 0 Å². The monoisotopic (exact) mass is 279 g/mol. The SMILES string of the molecule is CSc1ccc(OC2(CCNC(C)C)CCC2)cc1. The van der Waals surface area contributed by atoms with Crippen molar-refractivity contribution in [3.8, 4) is 5.75 Å². The van der Waals surface area contributed by atoms with Gasteiger partial charge in [0, 0.05) is 10.9 Å². The molecule has 1 saturated carbocycles. The average Bonchev–Trinajstić information content (AvgIpc) is 2.36. The van der Waals surface area contributed by atoms with Gasteiger partial charge in [0.15, 0.2) is 0 Å². The molecule has 3 heteroatoms. The molecule has 0 heterocycles. The maximum atomic E-state index is 6.27. The lowest BCUT2D eigenvalue weighted by atomic mass is 9.77. The van der Waals surface area contributed by atoms with Crippen molar-refractivity contribution in [1.29, 1.82) is 0 Å². The molecule has 19 heavy (non-hydrogen) atoms. The van der Waals surface area contributed by atoms with Crippen LogP contribution in [0, 0.1) is 0 Å². The summed E-state index contributed by atoms with van der Waals surface area (Å²) in [6.45, 7) is 5.42. The Bertz CT molecular complexity index is 384. The standard InChI is InChI=1S/C16H25NOS/c1-13(2)17-12-11-16(9-4-10-16)18-14-5-7-15(19-3)8-6-14/h5-8,13,17H,4,9-12H2,1-3H3. The number of rotatable bonds is 7. The number of hydrogen-bond donors (Lipinski definition) is 1. The summed E-state index contributed by atoms with van der Waals surface area (Å²) in [6.07, 6.45) is 6.88. The summed E-state index contributed by atoms with van der Waals surface area (Å²) in [6, 6.07) is 9.03. The highest BCUT2D eigenvalue weighted by Gasteiger charge is 2.38. The molecule has 1 aliphatic rings. The summed E-state index contributed by atoms with van der Waals surface area (Å²) in [4.78, 5) is 1.29. The first-order valence-electron chi connectivity index (χ1n) is 7.20. The zero-order valence-electron chi connectivity index (χ0n) is 12.2. The summed E-state index contributed by atoms with van der Waals surface area (Å²) in [7, 11) is 0. The van der Waals surface area contributed by atoms with E-state index in [1.165, 1.54) is 24.2 Å². The molecule has 1 aromatic carbocycles. The van der Waals surface area contributed by atoms with Gasteiger partial charge >= 0.3 is 0 Å². The van der Waals surface area contributed by atoms with Crippen molar-refractivity contribution in [2.75, 3.05) is 12.8 Å². The van der Waals surface area contributed by atoms with Gasteiger partial charge in [-0.25, -0.2) is 0 Å². The maximum absolute atomic E-state index is 6.27. The zero-order chi connectivity index (χ0) is 13.7. The second-order valence-corrected chi connectivity index (χ2v) is 6.55. The molecule has 106 valence electrons. The van der Waals surface area contributed by atoms with E-state index < -0.39 is 0 Å². The van der Waals surface area contributed by atoms with Crippen LogP contribution >= 0.6 is 11.8 Å². The average molecular weight is 279 g/mol. The van der Waals surface area contributed by atoms with Gasteiger partial charge in [0.25, 0.3) is 0 Å². The first-order chi connectivity index (χ1) is 9.13. The first kappa shape index (κ1) is 14.7. The number of ether oxygens (including phenoxy) is 1. The van der Waals surface area contributed by atoms with E-state index in [0.29, 0.717) is 6.04 Å². The van der Waals surface area contributed by atoms with E-state index in [-0.39, 0.29) is 5.60 Å². The molecule has 1 aromatic rings. The summed E-state index contributed by atoms with van der Waals surface area (Å²) in [5.74, 6) is 1.02. The highest BCUT2D eigenvalue weighted by molar-refractivity contribution is 7.98. The Morgan fingerprint density at radius 1 is 1.26 bits per heavy atom. The minimum atomic E-state index is 0.0861. The molecule has 0 aromatic heterocycles. The molecule has 0 unspecified atom stereocenters. The van der Waals surface area contributed by atoms with Crippen molar-refractivity contribution < 1.29 is 4.74 Å². The summed E-state index contributed by atoms with van der Waals surface area (Å²) in [5, 5.41) is 3.49. The molecule has 0 aliphatic heterocycles. The third kappa shape index (κ3) is 4.15. The lowest BCUT2D eigenvalue weighted by molar-refractivity contribution is -0.0145. The molecule has 0 saturated heterocycles. The van der Waals surface area contributed by atoms with Crippen molar-refractivity contribution >= 4 is 11.8 Å². The number of benzene rings is 1. The van der Waals surface area contributed by atoms with Gasteiger partial charge in [0.2, 0.25) is 0 Å². The highest BCUT2D eigenvalue weighted by atomic mass is 32.2. The molecule has 0 bridgehead atoms.